The molecule has 2 fully saturated rings. The molecule has 0 amide bonds. The van der Waals surface area contributed by atoms with E-state index in [-0.39, 0.29) is 11.7 Å². The zero-order chi connectivity index (χ0) is 14.2. The average molecular weight is 342 g/mol. The van der Waals surface area contributed by atoms with E-state index in [0.717, 1.165) is 48.3 Å². The molecule has 3 rings (SSSR count). The standard InChI is InChI=1S/C15H20BrNO3/c1-10-6-11(16)7-13(17)14(10)20-12-2-4-19-15(8-12)3-5-18-9-15/h6-7,12H,2-5,8-9,17H2,1H3. The maximum atomic E-state index is 6.18. The second-order valence-electron chi connectivity index (χ2n) is 5.71. The summed E-state index contributed by atoms with van der Waals surface area (Å²) in [6.07, 6.45) is 2.88. The molecule has 2 N–H and O–H groups in total. The van der Waals surface area contributed by atoms with Crippen molar-refractivity contribution in [1.82, 2.24) is 0 Å². The summed E-state index contributed by atoms with van der Waals surface area (Å²) in [5.74, 6) is 0.800. The first-order chi connectivity index (χ1) is 9.58. The number of hydrogen-bond acceptors (Lipinski definition) is 4. The number of hydrogen-bond donors (Lipinski definition) is 1. The zero-order valence-electron chi connectivity index (χ0n) is 11.7. The van der Waals surface area contributed by atoms with Crippen molar-refractivity contribution >= 4 is 21.6 Å². The lowest BCUT2D eigenvalue weighted by Gasteiger charge is -2.37. The Labute approximate surface area is 127 Å². The minimum absolute atomic E-state index is 0.138. The zero-order valence-corrected chi connectivity index (χ0v) is 13.2. The van der Waals surface area contributed by atoms with Crippen LogP contribution in [0.1, 0.15) is 24.8 Å². The number of nitrogens with two attached hydrogens (primary N) is 1. The van der Waals surface area contributed by atoms with E-state index >= 15 is 0 Å². The van der Waals surface area contributed by atoms with Crippen molar-refractivity contribution in [2.24, 2.45) is 0 Å². The van der Waals surface area contributed by atoms with Crippen LogP contribution in [0.4, 0.5) is 5.69 Å². The molecule has 20 heavy (non-hydrogen) atoms. The third-order valence-electron chi connectivity index (χ3n) is 4.07. The van der Waals surface area contributed by atoms with Crippen molar-refractivity contribution in [2.75, 3.05) is 25.6 Å². The van der Waals surface area contributed by atoms with Gasteiger partial charge in [-0.1, -0.05) is 15.9 Å². The SMILES string of the molecule is Cc1cc(Br)cc(N)c1OC1CCOC2(CCOC2)C1. The van der Waals surface area contributed by atoms with Crippen molar-refractivity contribution in [3.05, 3.63) is 22.2 Å². The second-order valence-corrected chi connectivity index (χ2v) is 6.62. The fourth-order valence-electron chi connectivity index (χ4n) is 3.03. The van der Waals surface area contributed by atoms with Gasteiger partial charge in [0.1, 0.15) is 11.9 Å². The molecular formula is C15H20BrNO3. The highest BCUT2D eigenvalue weighted by molar-refractivity contribution is 9.10. The third-order valence-corrected chi connectivity index (χ3v) is 4.53. The summed E-state index contributed by atoms with van der Waals surface area (Å²) >= 11 is 3.45. The Bertz CT molecular complexity index is 477. The van der Waals surface area contributed by atoms with Gasteiger partial charge < -0.3 is 19.9 Å². The Morgan fingerprint density at radius 1 is 1.40 bits per heavy atom. The molecule has 110 valence electrons. The molecule has 2 heterocycles. The summed E-state index contributed by atoms with van der Waals surface area (Å²) < 4.78 is 18.6. The molecule has 1 aromatic carbocycles. The number of rotatable bonds is 2. The van der Waals surface area contributed by atoms with Gasteiger partial charge in [0.05, 0.1) is 24.5 Å². The maximum absolute atomic E-state index is 6.18. The highest BCUT2D eigenvalue weighted by atomic mass is 79.9. The first-order valence-corrected chi connectivity index (χ1v) is 7.81. The van der Waals surface area contributed by atoms with E-state index in [1.54, 1.807) is 0 Å². The van der Waals surface area contributed by atoms with Gasteiger partial charge in [0.25, 0.3) is 0 Å². The summed E-state index contributed by atoms with van der Waals surface area (Å²) in [5, 5.41) is 0. The first kappa shape index (κ1) is 14.2. The third kappa shape index (κ3) is 2.80. The minimum atomic E-state index is -0.138. The van der Waals surface area contributed by atoms with Gasteiger partial charge in [-0.2, -0.15) is 0 Å². The van der Waals surface area contributed by atoms with Crippen molar-refractivity contribution in [2.45, 2.75) is 37.9 Å². The van der Waals surface area contributed by atoms with E-state index in [0.29, 0.717) is 12.3 Å². The van der Waals surface area contributed by atoms with Gasteiger partial charge in [-0.3, -0.25) is 0 Å². The van der Waals surface area contributed by atoms with Crippen LogP contribution in [0, 0.1) is 6.92 Å². The molecule has 1 spiro atoms. The summed E-state index contributed by atoms with van der Waals surface area (Å²) in [6, 6.07) is 3.91. The van der Waals surface area contributed by atoms with Crippen LogP contribution in [0.25, 0.3) is 0 Å². The van der Waals surface area contributed by atoms with E-state index in [1.165, 1.54) is 0 Å². The van der Waals surface area contributed by atoms with E-state index in [9.17, 15) is 0 Å². The molecule has 2 unspecified atom stereocenters. The van der Waals surface area contributed by atoms with Crippen molar-refractivity contribution in [3.63, 3.8) is 0 Å². The fourth-order valence-corrected chi connectivity index (χ4v) is 3.62. The summed E-state index contributed by atoms with van der Waals surface area (Å²) in [7, 11) is 0. The number of halogens is 1. The molecule has 0 saturated carbocycles. The molecule has 4 nitrogen and oxygen atoms in total. The van der Waals surface area contributed by atoms with Gasteiger partial charge >= 0.3 is 0 Å². The lowest BCUT2D eigenvalue weighted by molar-refractivity contribution is -0.112. The van der Waals surface area contributed by atoms with E-state index in [4.69, 9.17) is 19.9 Å². The van der Waals surface area contributed by atoms with Crippen LogP contribution in [0.2, 0.25) is 0 Å². The largest absolute Gasteiger partial charge is 0.488 e. The Morgan fingerprint density at radius 3 is 2.95 bits per heavy atom. The van der Waals surface area contributed by atoms with Crippen LogP contribution in [0.5, 0.6) is 5.75 Å². The predicted molar refractivity (Wildman–Crippen MR) is 81.1 cm³/mol. The molecule has 1 aromatic rings. The molecule has 0 aliphatic carbocycles. The Kier molecular flexibility index (Phi) is 3.93. The topological polar surface area (TPSA) is 53.7 Å². The number of aryl methyl sites for hydroxylation is 1. The summed E-state index contributed by atoms with van der Waals surface area (Å²) in [5.41, 5.74) is 7.67. The maximum Gasteiger partial charge on any atom is 0.145 e. The number of benzene rings is 1. The van der Waals surface area contributed by atoms with Crippen LogP contribution >= 0.6 is 15.9 Å². The van der Waals surface area contributed by atoms with Gasteiger partial charge in [-0.05, 0) is 24.6 Å². The molecule has 0 aromatic heterocycles. The number of ether oxygens (including phenoxy) is 3. The average Bonchev–Trinajstić information content (AvgIpc) is 2.82. The molecule has 5 heteroatoms. The van der Waals surface area contributed by atoms with Crippen molar-refractivity contribution < 1.29 is 14.2 Å². The van der Waals surface area contributed by atoms with E-state index < -0.39 is 0 Å². The van der Waals surface area contributed by atoms with Crippen LogP contribution in [0.15, 0.2) is 16.6 Å². The highest BCUT2D eigenvalue weighted by Gasteiger charge is 2.42. The number of anilines is 1. The predicted octanol–water partition coefficient (Wildman–Crippen LogP) is 3.06. The molecule has 0 radical (unpaired) electrons. The smallest absolute Gasteiger partial charge is 0.145 e. The molecule has 2 aliphatic heterocycles. The Balaban J connectivity index is 1.74. The van der Waals surface area contributed by atoms with Crippen molar-refractivity contribution in [1.29, 1.82) is 0 Å². The highest BCUT2D eigenvalue weighted by Crippen LogP contribution is 2.37. The van der Waals surface area contributed by atoms with Gasteiger partial charge in [0.2, 0.25) is 0 Å². The van der Waals surface area contributed by atoms with E-state index in [1.807, 2.05) is 19.1 Å². The first-order valence-electron chi connectivity index (χ1n) is 7.02. The lowest BCUT2D eigenvalue weighted by atomic mass is 9.91. The molecule has 2 atom stereocenters. The summed E-state index contributed by atoms with van der Waals surface area (Å²) in [6.45, 7) is 4.21. The van der Waals surface area contributed by atoms with Gasteiger partial charge in [0, 0.05) is 30.3 Å². The molecule has 2 saturated heterocycles. The van der Waals surface area contributed by atoms with Gasteiger partial charge in [-0.15, -0.1) is 0 Å². The monoisotopic (exact) mass is 341 g/mol. The van der Waals surface area contributed by atoms with Crippen LogP contribution < -0.4 is 10.5 Å². The summed E-state index contributed by atoms with van der Waals surface area (Å²) in [4.78, 5) is 0. The Morgan fingerprint density at radius 2 is 2.25 bits per heavy atom. The van der Waals surface area contributed by atoms with E-state index in [2.05, 4.69) is 15.9 Å². The molecular weight excluding hydrogens is 322 g/mol. The second kappa shape index (κ2) is 5.54. The lowest BCUT2D eigenvalue weighted by Crippen LogP contribution is -2.44. The van der Waals surface area contributed by atoms with Crippen LogP contribution in [-0.4, -0.2) is 31.5 Å². The molecule has 0 bridgehead atoms. The van der Waals surface area contributed by atoms with Gasteiger partial charge in [0.15, 0.2) is 0 Å². The Hall–Kier alpha value is -0.780. The van der Waals surface area contributed by atoms with Gasteiger partial charge in [-0.25, -0.2) is 0 Å². The normalized spacial score (nSPS) is 29.8. The van der Waals surface area contributed by atoms with Crippen LogP contribution in [0.3, 0.4) is 0 Å². The van der Waals surface area contributed by atoms with Crippen molar-refractivity contribution in [3.8, 4) is 5.75 Å². The quantitative estimate of drug-likeness (QED) is 0.840. The molecule has 2 aliphatic rings. The fraction of sp³-hybridized carbons (Fsp3) is 0.600. The minimum Gasteiger partial charge on any atom is -0.488 e. The number of nitrogen functional groups attached to an aromatic ring is 1. The van der Waals surface area contributed by atoms with Crippen LogP contribution in [-0.2, 0) is 9.47 Å².